The van der Waals surface area contributed by atoms with Crippen molar-refractivity contribution < 1.29 is 23.1 Å². The van der Waals surface area contributed by atoms with Crippen LogP contribution in [-0.4, -0.2) is 67.5 Å². The first kappa shape index (κ1) is 28.5. The van der Waals surface area contributed by atoms with Crippen molar-refractivity contribution >= 4 is 15.9 Å². The molecule has 8 nitrogen and oxygen atoms in total. The maximum Gasteiger partial charge on any atom is 0.254 e. The standard InChI is InChI=1S/C30H33N3O5S/c1-21-17-33(22(2)19-34)30(35)28-11-7-6-10-27(28)26-9-5-4-8-24(26)20-38-29(21)18-32(3)39(36,37)25-14-12-23(16-31)13-15-25/h4-15,21-22,29,34H,17-20H2,1-3H3/t21-,22+,29+/m1/s1. The summed E-state index contributed by atoms with van der Waals surface area (Å²) in [5, 5.41) is 19.0. The van der Waals surface area contributed by atoms with E-state index in [2.05, 4.69) is 0 Å². The van der Waals surface area contributed by atoms with Crippen molar-refractivity contribution in [1.82, 2.24) is 9.21 Å². The van der Waals surface area contributed by atoms with Crippen LogP contribution in [0.4, 0.5) is 0 Å². The molecule has 0 saturated heterocycles. The molecule has 0 fully saturated rings. The maximum atomic E-state index is 13.9. The van der Waals surface area contributed by atoms with Gasteiger partial charge in [0.15, 0.2) is 0 Å². The van der Waals surface area contributed by atoms with Crippen LogP contribution in [0.5, 0.6) is 0 Å². The Hall–Kier alpha value is -3.55. The molecule has 0 unspecified atom stereocenters. The minimum absolute atomic E-state index is 0.0498. The molecule has 3 aromatic carbocycles. The van der Waals surface area contributed by atoms with E-state index in [9.17, 15) is 18.3 Å². The predicted molar refractivity (Wildman–Crippen MR) is 148 cm³/mol. The predicted octanol–water partition coefficient (Wildman–Crippen LogP) is 3.90. The van der Waals surface area contributed by atoms with Gasteiger partial charge in [0.2, 0.25) is 10.0 Å². The normalized spacial score (nSPS) is 19.0. The SMILES string of the molecule is C[C@@H]1CN([C@@H](C)CO)C(=O)c2ccccc2-c2ccccc2CO[C@H]1CN(C)S(=O)(=O)c1ccc(C#N)cc1. The molecular formula is C30H33N3O5S. The van der Waals surface area contributed by atoms with E-state index in [0.717, 1.165) is 16.7 Å². The van der Waals surface area contributed by atoms with Crippen molar-refractivity contribution in [2.24, 2.45) is 5.92 Å². The summed E-state index contributed by atoms with van der Waals surface area (Å²) in [5.41, 5.74) is 3.44. The number of rotatable bonds is 6. The van der Waals surface area contributed by atoms with Gasteiger partial charge in [-0.1, -0.05) is 49.4 Å². The third-order valence-electron chi connectivity index (χ3n) is 7.22. The Morgan fingerprint density at radius 2 is 1.67 bits per heavy atom. The molecule has 1 aliphatic heterocycles. The molecule has 1 N–H and O–H groups in total. The van der Waals surface area contributed by atoms with Gasteiger partial charge in [-0.3, -0.25) is 4.79 Å². The number of likely N-dealkylation sites (N-methyl/N-ethyl adjacent to an activating group) is 1. The van der Waals surface area contributed by atoms with Gasteiger partial charge in [0.1, 0.15) is 0 Å². The van der Waals surface area contributed by atoms with Crippen LogP contribution in [-0.2, 0) is 21.4 Å². The summed E-state index contributed by atoms with van der Waals surface area (Å²) in [6.07, 6.45) is -0.557. The summed E-state index contributed by atoms with van der Waals surface area (Å²) in [4.78, 5) is 15.6. The fourth-order valence-corrected chi connectivity index (χ4v) is 5.97. The van der Waals surface area contributed by atoms with Crippen LogP contribution in [0.15, 0.2) is 77.7 Å². The molecule has 9 heteroatoms. The molecule has 0 saturated carbocycles. The summed E-state index contributed by atoms with van der Waals surface area (Å²) in [6, 6.07) is 22.5. The number of nitriles is 1. The topological polar surface area (TPSA) is 111 Å². The van der Waals surface area contributed by atoms with Crippen LogP contribution < -0.4 is 0 Å². The van der Waals surface area contributed by atoms with Gasteiger partial charge in [0.05, 0.1) is 41.9 Å². The van der Waals surface area contributed by atoms with Crippen LogP contribution in [0, 0.1) is 17.2 Å². The molecule has 3 atom stereocenters. The fraction of sp³-hybridized carbons (Fsp3) is 0.333. The van der Waals surface area contributed by atoms with E-state index in [1.807, 2.05) is 55.5 Å². The second-order valence-electron chi connectivity index (χ2n) is 9.94. The van der Waals surface area contributed by atoms with Crippen LogP contribution in [0.25, 0.3) is 11.1 Å². The highest BCUT2D eigenvalue weighted by atomic mass is 32.2. The number of hydrogen-bond acceptors (Lipinski definition) is 6. The van der Waals surface area contributed by atoms with Crippen LogP contribution >= 0.6 is 0 Å². The van der Waals surface area contributed by atoms with Gasteiger partial charge >= 0.3 is 0 Å². The number of carbonyl (C=O) groups is 1. The van der Waals surface area contributed by atoms with Crippen molar-refractivity contribution in [3.05, 3.63) is 89.5 Å². The summed E-state index contributed by atoms with van der Waals surface area (Å²) < 4.78 is 34.4. The average Bonchev–Trinajstić information content (AvgIpc) is 2.98. The van der Waals surface area contributed by atoms with E-state index in [0.29, 0.717) is 11.1 Å². The highest BCUT2D eigenvalue weighted by Gasteiger charge is 2.32. The Balaban J connectivity index is 1.72. The molecule has 0 spiro atoms. The Labute approximate surface area is 230 Å². The Morgan fingerprint density at radius 3 is 2.31 bits per heavy atom. The third-order valence-corrected chi connectivity index (χ3v) is 9.06. The van der Waals surface area contributed by atoms with E-state index in [1.54, 1.807) is 17.9 Å². The van der Waals surface area contributed by atoms with E-state index >= 15 is 0 Å². The van der Waals surface area contributed by atoms with Crippen LogP contribution in [0.1, 0.15) is 35.3 Å². The Bertz CT molecular complexity index is 1470. The molecule has 1 amide bonds. The first-order valence-electron chi connectivity index (χ1n) is 12.8. The molecular weight excluding hydrogens is 514 g/mol. The lowest BCUT2D eigenvalue weighted by Gasteiger charge is -2.35. The second kappa shape index (κ2) is 12.1. The molecule has 39 heavy (non-hydrogen) atoms. The second-order valence-corrected chi connectivity index (χ2v) is 12.0. The lowest BCUT2D eigenvalue weighted by molar-refractivity contribution is -0.0146. The lowest BCUT2D eigenvalue weighted by atomic mass is 9.94. The smallest absolute Gasteiger partial charge is 0.254 e. The van der Waals surface area contributed by atoms with Gasteiger partial charge < -0.3 is 14.7 Å². The molecule has 3 aromatic rings. The van der Waals surface area contributed by atoms with Crippen molar-refractivity contribution in [3.8, 4) is 17.2 Å². The number of sulfonamides is 1. The number of amides is 1. The first-order valence-corrected chi connectivity index (χ1v) is 14.3. The average molecular weight is 548 g/mol. The molecule has 0 aromatic heterocycles. The van der Waals surface area contributed by atoms with Gasteiger partial charge in [-0.25, -0.2) is 8.42 Å². The number of carbonyl (C=O) groups excluding carboxylic acids is 1. The summed E-state index contributed by atoms with van der Waals surface area (Å²) in [7, 11) is -2.36. The molecule has 1 aliphatic rings. The fourth-order valence-electron chi connectivity index (χ4n) is 4.78. The number of fused-ring (bicyclic) bond motifs is 3. The zero-order valence-corrected chi connectivity index (χ0v) is 23.1. The Morgan fingerprint density at radius 1 is 1.05 bits per heavy atom. The molecule has 1 heterocycles. The zero-order valence-electron chi connectivity index (χ0n) is 22.3. The third kappa shape index (κ3) is 6.05. The number of hydrogen-bond donors (Lipinski definition) is 1. The van der Waals surface area contributed by atoms with Gasteiger partial charge in [-0.2, -0.15) is 9.57 Å². The minimum atomic E-state index is -3.86. The number of aliphatic hydroxyl groups excluding tert-OH is 1. The summed E-state index contributed by atoms with van der Waals surface area (Å²) in [6.45, 7) is 4.05. The highest BCUT2D eigenvalue weighted by molar-refractivity contribution is 7.89. The van der Waals surface area contributed by atoms with Crippen molar-refractivity contribution in [3.63, 3.8) is 0 Å². The van der Waals surface area contributed by atoms with Gasteiger partial charge in [-0.05, 0) is 53.9 Å². The van der Waals surface area contributed by atoms with Gasteiger partial charge in [0, 0.05) is 31.6 Å². The zero-order chi connectivity index (χ0) is 28.2. The molecule has 4 rings (SSSR count). The molecule has 0 radical (unpaired) electrons. The van der Waals surface area contributed by atoms with E-state index in [-0.39, 0.29) is 43.0 Å². The maximum absolute atomic E-state index is 13.9. The van der Waals surface area contributed by atoms with Gasteiger partial charge in [0.25, 0.3) is 5.91 Å². The first-order chi connectivity index (χ1) is 18.7. The van der Waals surface area contributed by atoms with E-state index in [1.165, 1.54) is 35.6 Å². The largest absolute Gasteiger partial charge is 0.394 e. The van der Waals surface area contributed by atoms with Crippen molar-refractivity contribution in [1.29, 1.82) is 5.26 Å². The molecule has 0 bridgehead atoms. The number of nitrogens with zero attached hydrogens (tertiary/aromatic N) is 3. The van der Waals surface area contributed by atoms with Crippen LogP contribution in [0.2, 0.25) is 0 Å². The molecule has 204 valence electrons. The summed E-state index contributed by atoms with van der Waals surface area (Å²) in [5.74, 6) is -0.466. The van der Waals surface area contributed by atoms with Crippen molar-refractivity contribution in [2.75, 3.05) is 26.7 Å². The highest BCUT2D eigenvalue weighted by Crippen LogP contribution is 2.31. The summed E-state index contributed by atoms with van der Waals surface area (Å²) >= 11 is 0. The van der Waals surface area contributed by atoms with E-state index in [4.69, 9.17) is 10.00 Å². The Kier molecular flexibility index (Phi) is 8.83. The number of ether oxygens (including phenoxy) is 1. The quantitative estimate of drug-likeness (QED) is 0.501. The van der Waals surface area contributed by atoms with Gasteiger partial charge in [-0.15, -0.1) is 0 Å². The molecule has 0 aliphatic carbocycles. The van der Waals surface area contributed by atoms with E-state index < -0.39 is 22.2 Å². The van der Waals surface area contributed by atoms with Crippen LogP contribution in [0.3, 0.4) is 0 Å². The lowest BCUT2D eigenvalue weighted by Crippen LogP contribution is -2.47. The van der Waals surface area contributed by atoms with Crippen molar-refractivity contribution in [2.45, 2.75) is 37.5 Å². The minimum Gasteiger partial charge on any atom is -0.394 e. The number of aliphatic hydroxyl groups is 1. The monoisotopic (exact) mass is 547 g/mol. The number of benzene rings is 3.